The maximum absolute atomic E-state index is 12.0. The summed E-state index contributed by atoms with van der Waals surface area (Å²) >= 11 is 0. The van der Waals surface area contributed by atoms with Gasteiger partial charge in [-0.15, -0.1) is 0 Å². The zero-order chi connectivity index (χ0) is 26.2. The highest BCUT2D eigenvalue weighted by molar-refractivity contribution is 5.66. The molecule has 0 aliphatic carbocycles. The number of carbonyl (C=O) groups excluding carboxylic acids is 1. The highest BCUT2D eigenvalue weighted by Crippen LogP contribution is 2.37. The molecule has 0 spiro atoms. The van der Waals surface area contributed by atoms with Gasteiger partial charge in [0.25, 0.3) is 0 Å². The molecule has 3 aromatic rings. The van der Waals surface area contributed by atoms with Crippen LogP contribution in [0.4, 0.5) is 0 Å². The number of ether oxygens (including phenoxy) is 8. The van der Waals surface area contributed by atoms with E-state index in [0.717, 1.165) is 0 Å². The Balaban J connectivity index is 1.67. The lowest BCUT2D eigenvalue weighted by molar-refractivity contribution is -0.184. The van der Waals surface area contributed by atoms with Gasteiger partial charge in [0.2, 0.25) is 12.4 Å². The summed E-state index contributed by atoms with van der Waals surface area (Å²) in [5.41, 5.74) is 0. The van der Waals surface area contributed by atoms with Gasteiger partial charge in [-0.1, -0.05) is 36.4 Å². The van der Waals surface area contributed by atoms with Gasteiger partial charge in [-0.2, -0.15) is 0 Å². The molecule has 0 aromatic heterocycles. The van der Waals surface area contributed by atoms with Crippen molar-refractivity contribution in [1.82, 2.24) is 0 Å². The van der Waals surface area contributed by atoms with Crippen molar-refractivity contribution in [3.05, 3.63) is 72.8 Å². The van der Waals surface area contributed by atoms with Crippen LogP contribution in [-0.4, -0.2) is 58.5 Å². The molecule has 4 atom stereocenters. The number of methoxy groups -OCH3 is 3. The van der Waals surface area contributed by atoms with Gasteiger partial charge in [0.05, 0.1) is 21.3 Å². The molecule has 196 valence electrons. The van der Waals surface area contributed by atoms with E-state index in [4.69, 9.17) is 37.9 Å². The molecule has 0 amide bonds. The van der Waals surface area contributed by atoms with Gasteiger partial charge in [0, 0.05) is 6.92 Å². The summed E-state index contributed by atoms with van der Waals surface area (Å²) in [7, 11) is 4.67. The largest absolute Gasteiger partial charge is 0.493 e. The number of benzene rings is 3. The Morgan fingerprint density at radius 2 is 1.11 bits per heavy atom. The molecular formula is C28H30O9. The van der Waals surface area contributed by atoms with Gasteiger partial charge >= 0.3 is 5.97 Å². The molecule has 1 saturated heterocycles. The molecule has 1 aliphatic rings. The van der Waals surface area contributed by atoms with Gasteiger partial charge in [-0.3, -0.25) is 4.79 Å². The first-order chi connectivity index (χ1) is 18.0. The van der Waals surface area contributed by atoms with Crippen molar-refractivity contribution >= 4 is 5.97 Å². The van der Waals surface area contributed by atoms with Crippen LogP contribution < -0.4 is 28.4 Å². The second kappa shape index (κ2) is 12.2. The number of esters is 1. The monoisotopic (exact) mass is 510 g/mol. The molecule has 37 heavy (non-hydrogen) atoms. The SMILES string of the molecule is COc1ccccc1OC[C@H]1OC(OC(C)=O)[C@H](Oc2ccccc2OC)[C@@H]1Oc1ccccc1OC. The fourth-order valence-corrected chi connectivity index (χ4v) is 3.99. The summed E-state index contributed by atoms with van der Waals surface area (Å²) in [6, 6.07) is 21.6. The number of hydrogen-bond acceptors (Lipinski definition) is 9. The average Bonchev–Trinajstić information content (AvgIpc) is 3.22. The van der Waals surface area contributed by atoms with Crippen LogP contribution >= 0.6 is 0 Å². The molecular weight excluding hydrogens is 480 g/mol. The molecule has 1 fully saturated rings. The number of para-hydroxylation sites is 6. The topological polar surface area (TPSA) is 90.9 Å². The second-order valence-electron chi connectivity index (χ2n) is 8.08. The third-order valence-electron chi connectivity index (χ3n) is 5.69. The van der Waals surface area contributed by atoms with E-state index >= 15 is 0 Å². The lowest BCUT2D eigenvalue weighted by Crippen LogP contribution is -2.44. The number of carbonyl (C=O) groups is 1. The minimum Gasteiger partial charge on any atom is -0.493 e. The summed E-state index contributed by atoms with van der Waals surface area (Å²) in [6.07, 6.45) is -3.40. The summed E-state index contributed by atoms with van der Waals surface area (Å²) in [5, 5.41) is 0. The Labute approximate surface area is 215 Å². The van der Waals surface area contributed by atoms with Crippen molar-refractivity contribution < 1.29 is 42.7 Å². The summed E-state index contributed by atoms with van der Waals surface area (Å²) in [6.45, 7) is 1.36. The number of rotatable bonds is 11. The lowest BCUT2D eigenvalue weighted by atomic mass is 10.1. The lowest BCUT2D eigenvalue weighted by Gasteiger charge is -2.26. The van der Waals surface area contributed by atoms with Crippen LogP contribution in [0.25, 0.3) is 0 Å². The molecule has 1 aliphatic heterocycles. The summed E-state index contributed by atoms with van der Waals surface area (Å²) in [4.78, 5) is 12.0. The van der Waals surface area contributed by atoms with Gasteiger partial charge in [0.1, 0.15) is 12.7 Å². The number of hydrogen-bond donors (Lipinski definition) is 0. The van der Waals surface area contributed by atoms with E-state index in [0.29, 0.717) is 34.5 Å². The van der Waals surface area contributed by atoms with Gasteiger partial charge in [0.15, 0.2) is 40.6 Å². The smallest absolute Gasteiger partial charge is 0.305 e. The minimum absolute atomic E-state index is 0.0593. The average molecular weight is 511 g/mol. The highest BCUT2D eigenvalue weighted by atomic mass is 16.7. The second-order valence-corrected chi connectivity index (χ2v) is 8.08. The van der Waals surface area contributed by atoms with Crippen molar-refractivity contribution in [1.29, 1.82) is 0 Å². The van der Waals surface area contributed by atoms with Gasteiger partial charge in [-0.05, 0) is 36.4 Å². The predicted molar refractivity (Wildman–Crippen MR) is 134 cm³/mol. The molecule has 1 unspecified atom stereocenters. The van der Waals surface area contributed by atoms with E-state index in [1.807, 2.05) is 36.4 Å². The maximum Gasteiger partial charge on any atom is 0.305 e. The normalized spacial score (nSPS) is 20.5. The zero-order valence-corrected chi connectivity index (χ0v) is 21.1. The molecule has 1 heterocycles. The van der Waals surface area contributed by atoms with Crippen LogP contribution in [0, 0.1) is 0 Å². The molecule has 3 aromatic carbocycles. The molecule has 4 rings (SSSR count). The van der Waals surface area contributed by atoms with Crippen LogP contribution in [0.2, 0.25) is 0 Å². The Hall–Kier alpha value is -4.11. The van der Waals surface area contributed by atoms with E-state index < -0.39 is 30.6 Å². The molecule has 9 nitrogen and oxygen atoms in total. The highest BCUT2D eigenvalue weighted by Gasteiger charge is 2.51. The van der Waals surface area contributed by atoms with Crippen LogP contribution in [0.15, 0.2) is 72.8 Å². The Kier molecular flexibility index (Phi) is 8.58. The first kappa shape index (κ1) is 26.0. The molecule has 0 bridgehead atoms. The van der Waals surface area contributed by atoms with Crippen molar-refractivity contribution in [3.8, 4) is 34.5 Å². The van der Waals surface area contributed by atoms with E-state index in [-0.39, 0.29) is 6.61 Å². The van der Waals surface area contributed by atoms with Crippen LogP contribution in [0.3, 0.4) is 0 Å². The summed E-state index contributed by atoms with van der Waals surface area (Å²) < 4.78 is 46.7. The van der Waals surface area contributed by atoms with Crippen LogP contribution in [0.5, 0.6) is 34.5 Å². The van der Waals surface area contributed by atoms with Crippen LogP contribution in [-0.2, 0) is 14.3 Å². The summed E-state index contributed by atoms with van der Waals surface area (Å²) in [5.74, 6) is 2.52. The Morgan fingerprint density at radius 3 is 1.59 bits per heavy atom. The Morgan fingerprint density at radius 1 is 0.676 bits per heavy atom. The van der Waals surface area contributed by atoms with Crippen molar-refractivity contribution in [2.24, 2.45) is 0 Å². The first-order valence-corrected chi connectivity index (χ1v) is 11.7. The maximum atomic E-state index is 12.0. The standard InChI is InChI=1S/C28H30O9/c1-18(29)34-28-27(36-24-16-10-7-13-21(24)32-4)26(35-23-15-9-6-12-20(23)31-3)25(37-28)17-33-22-14-8-5-11-19(22)30-2/h5-16,25-28H,17H2,1-4H3/t25-,26-,27-,28?/m1/s1. The van der Waals surface area contributed by atoms with Crippen molar-refractivity contribution in [2.75, 3.05) is 27.9 Å². The zero-order valence-electron chi connectivity index (χ0n) is 21.1. The van der Waals surface area contributed by atoms with Crippen molar-refractivity contribution in [3.63, 3.8) is 0 Å². The minimum atomic E-state index is -1.08. The van der Waals surface area contributed by atoms with E-state index in [1.54, 1.807) is 57.7 Å². The first-order valence-electron chi connectivity index (χ1n) is 11.7. The molecule has 9 heteroatoms. The predicted octanol–water partition coefficient (Wildman–Crippen LogP) is 4.27. The van der Waals surface area contributed by atoms with E-state index in [9.17, 15) is 4.79 Å². The van der Waals surface area contributed by atoms with Gasteiger partial charge < -0.3 is 37.9 Å². The third kappa shape index (κ3) is 6.18. The Bertz CT molecular complexity index is 1180. The van der Waals surface area contributed by atoms with Gasteiger partial charge in [-0.25, -0.2) is 0 Å². The van der Waals surface area contributed by atoms with Crippen molar-refractivity contribution in [2.45, 2.75) is 31.5 Å². The molecule has 0 N–H and O–H groups in total. The molecule has 0 saturated carbocycles. The van der Waals surface area contributed by atoms with Crippen LogP contribution in [0.1, 0.15) is 6.92 Å². The molecule has 0 radical (unpaired) electrons. The van der Waals surface area contributed by atoms with E-state index in [1.165, 1.54) is 6.92 Å². The van der Waals surface area contributed by atoms with E-state index in [2.05, 4.69) is 0 Å². The fourth-order valence-electron chi connectivity index (χ4n) is 3.99. The fraction of sp³-hybridized carbons (Fsp3) is 0.321. The third-order valence-corrected chi connectivity index (χ3v) is 5.69. The quantitative estimate of drug-likeness (QED) is 0.351.